The van der Waals surface area contributed by atoms with Crippen LogP contribution < -0.4 is 9.80 Å². The van der Waals surface area contributed by atoms with E-state index in [0.717, 1.165) is 67.0 Å². The normalized spacial score (nSPS) is 11.4. The molecule has 250 valence electrons. The number of nitrogens with zero attached hydrogens (tertiary/aromatic N) is 2. The molecule has 0 spiro atoms. The summed E-state index contributed by atoms with van der Waals surface area (Å²) < 4.78 is 6.90. The second kappa shape index (κ2) is 12.9. The van der Waals surface area contributed by atoms with Gasteiger partial charge in [0.2, 0.25) is 0 Å². The minimum absolute atomic E-state index is 0.822. The number of rotatable bonds is 7. The standard InChI is InChI=1S/C50H34N2O/c1-4-21-38(22-5-1)51(39-23-6-2-7-24-39)41-33-47(50-45-31-36-18-10-11-19-37(36)32-48(45)53-49(50)34-41)52(40-25-8-3-9-26-40)46-30-15-14-28-44(46)43-29-16-20-35-17-12-13-27-42(35)43/h1-34H. The molecule has 3 heteroatoms. The van der Waals surface area contributed by atoms with Crippen molar-refractivity contribution in [3.05, 3.63) is 206 Å². The zero-order chi connectivity index (χ0) is 35.1. The molecule has 0 aliphatic rings. The van der Waals surface area contributed by atoms with Crippen molar-refractivity contribution in [3.63, 3.8) is 0 Å². The van der Waals surface area contributed by atoms with Gasteiger partial charge in [0, 0.05) is 34.1 Å². The summed E-state index contributed by atoms with van der Waals surface area (Å²) >= 11 is 0. The van der Waals surface area contributed by atoms with Crippen molar-refractivity contribution in [2.24, 2.45) is 0 Å². The molecule has 0 aliphatic carbocycles. The molecule has 1 heterocycles. The molecule has 0 aliphatic heterocycles. The first-order valence-corrected chi connectivity index (χ1v) is 18.0. The number of benzene rings is 9. The van der Waals surface area contributed by atoms with Gasteiger partial charge in [-0.2, -0.15) is 0 Å². The minimum Gasteiger partial charge on any atom is -0.456 e. The molecule has 0 radical (unpaired) electrons. The van der Waals surface area contributed by atoms with Gasteiger partial charge >= 0.3 is 0 Å². The van der Waals surface area contributed by atoms with Crippen LogP contribution in [-0.4, -0.2) is 0 Å². The van der Waals surface area contributed by atoms with Gasteiger partial charge < -0.3 is 14.2 Å². The maximum atomic E-state index is 6.90. The van der Waals surface area contributed by atoms with Crippen molar-refractivity contribution in [1.82, 2.24) is 0 Å². The van der Waals surface area contributed by atoms with Crippen LogP contribution in [0.1, 0.15) is 0 Å². The molecule has 0 atom stereocenters. The lowest BCUT2D eigenvalue weighted by Gasteiger charge is -2.31. The zero-order valence-corrected chi connectivity index (χ0v) is 28.9. The molecule has 3 nitrogen and oxygen atoms in total. The average molecular weight is 679 g/mol. The molecular formula is C50H34N2O. The summed E-state index contributed by atoms with van der Waals surface area (Å²) in [6, 6.07) is 73.3. The fourth-order valence-electron chi connectivity index (χ4n) is 7.80. The summed E-state index contributed by atoms with van der Waals surface area (Å²) in [4.78, 5) is 4.73. The lowest BCUT2D eigenvalue weighted by Crippen LogP contribution is -2.14. The van der Waals surface area contributed by atoms with Crippen molar-refractivity contribution < 1.29 is 4.42 Å². The van der Waals surface area contributed by atoms with E-state index in [-0.39, 0.29) is 0 Å². The predicted octanol–water partition coefficient (Wildman–Crippen LogP) is 14.5. The highest BCUT2D eigenvalue weighted by Gasteiger charge is 2.25. The Bertz CT molecular complexity index is 2850. The van der Waals surface area contributed by atoms with E-state index in [0.29, 0.717) is 0 Å². The first-order chi connectivity index (χ1) is 26.3. The van der Waals surface area contributed by atoms with E-state index < -0.39 is 0 Å². The van der Waals surface area contributed by atoms with Crippen LogP contribution in [0, 0.1) is 0 Å². The van der Waals surface area contributed by atoms with Gasteiger partial charge in [-0.15, -0.1) is 0 Å². The Balaban J connectivity index is 1.33. The highest BCUT2D eigenvalue weighted by Crippen LogP contribution is 2.50. The van der Waals surface area contributed by atoms with Gasteiger partial charge in [-0.25, -0.2) is 0 Å². The molecule has 10 rings (SSSR count). The molecule has 0 bridgehead atoms. The highest BCUT2D eigenvalue weighted by atomic mass is 16.3. The van der Waals surface area contributed by atoms with Crippen molar-refractivity contribution in [3.8, 4) is 11.1 Å². The van der Waals surface area contributed by atoms with Crippen molar-refractivity contribution in [2.75, 3.05) is 9.80 Å². The third kappa shape index (κ3) is 5.38. The van der Waals surface area contributed by atoms with Gasteiger partial charge in [0.1, 0.15) is 11.2 Å². The van der Waals surface area contributed by atoms with Crippen LogP contribution in [0.15, 0.2) is 211 Å². The van der Waals surface area contributed by atoms with E-state index in [1.807, 2.05) is 0 Å². The van der Waals surface area contributed by atoms with Crippen molar-refractivity contribution in [1.29, 1.82) is 0 Å². The molecule has 53 heavy (non-hydrogen) atoms. The number of hydrogen-bond donors (Lipinski definition) is 0. The maximum Gasteiger partial charge on any atom is 0.139 e. The molecule has 0 saturated heterocycles. The second-order valence-electron chi connectivity index (χ2n) is 13.4. The quantitative estimate of drug-likeness (QED) is 0.167. The van der Waals surface area contributed by atoms with E-state index in [1.165, 1.54) is 21.7 Å². The Hall–Kier alpha value is -7.10. The number of hydrogen-bond acceptors (Lipinski definition) is 3. The van der Waals surface area contributed by atoms with Gasteiger partial charge in [-0.05, 0) is 87.8 Å². The van der Waals surface area contributed by atoms with E-state index in [1.54, 1.807) is 0 Å². The minimum atomic E-state index is 0.822. The molecule has 0 N–H and O–H groups in total. The Labute approximate surface area is 308 Å². The fraction of sp³-hybridized carbons (Fsp3) is 0. The van der Waals surface area contributed by atoms with Gasteiger partial charge in [0.15, 0.2) is 0 Å². The predicted molar refractivity (Wildman–Crippen MR) is 224 cm³/mol. The summed E-state index contributed by atoms with van der Waals surface area (Å²) in [5.74, 6) is 0. The monoisotopic (exact) mass is 678 g/mol. The molecule has 1 aromatic heterocycles. The fourth-order valence-corrected chi connectivity index (χ4v) is 7.80. The Morgan fingerprint density at radius 1 is 0.302 bits per heavy atom. The number of furan rings is 1. The van der Waals surface area contributed by atoms with Crippen LogP contribution in [0.2, 0.25) is 0 Å². The highest BCUT2D eigenvalue weighted by molar-refractivity contribution is 6.18. The molecule has 0 amide bonds. The van der Waals surface area contributed by atoms with E-state index in [4.69, 9.17) is 4.42 Å². The zero-order valence-electron chi connectivity index (χ0n) is 28.9. The van der Waals surface area contributed by atoms with Crippen LogP contribution in [0.25, 0.3) is 54.6 Å². The van der Waals surface area contributed by atoms with Crippen LogP contribution in [-0.2, 0) is 0 Å². The molecular weight excluding hydrogens is 645 g/mol. The third-order valence-electron chi connectivity index (χ3n) is 10.2. The maximum absolute atomic E-state index is 6.90. The van der Waals surface area contributed by atoms with Crippen LogP contribution in [0.4, 0.5) is 34.1 Å². The van der Waals surface area contributed by atoms with Crippen LogP contribution in [0.3, 0.4) is 0 Å². The summed E-state index contributed by atoms with van der Waals surface area (Å²) in [7, 11) is 0. The van der Waals surface area contributed by atoms with E-state index in [2.05, 4.69) is 216 Å². The van der Waals surface area contributed by atoms with Crippen LogP contribution in [0.5, 0.6) is 0 Å². The first kappa shape index (κ1) is 30.7. The van der Waals surface area contributed by atoms with Gasteiger partial charge in [-0.1, -0.05) is 140 Å². The van der Waals surface area contributed by atoms with Gasteiger partial charge in [0.25, 0.3) is 0 Å². The number of anilines is 6. The summed E-state index contributed by atoms with van der Waals surface area (Å²) in [5.41, 5.74) is 10.3. The molecule has 0 fully saturated rings. The van der Waals surface area contributed by atoms with Crippen molar-refractivity contribution in [2.45, 2.75) is 0 Å². The first-order valence-electron chi connectivity index (χ1n) is 18.0. The largest absolute Gasteiger partial charge is 0.456 e. The summed E-state index contributed by atoms with van der Waals surface area (Å²) in [5, 5.41) is 6.90. The smallest absolute Gasteiger partial charge is 0.139 e. The van der Waals surface area contributed by atoms with E-state index in [9.17, 15) is 0 Å². The lowest BCUT2D eigenvalue weighted by atomic mass is 9.95. The summed E-state index contributed by atoms with van der Waals surface area (Å²) in [6.07, 6.45) is 0. The summed E-state index contributed by atoms with van der Waals surface area (Å²) in [6.45, 7) is 0. The molecule has 9 aromatic carbocycles. The molecule has 0 unspecified atom stereocenters. The SMILES string of the molecule is c1ccc(N(c2ccccc2)c2cc(N(c3ccccc3)c3ccccc3-c3cccc4ccccc34)c3c(c2)oc2cc4ccccc4cc23)cc1. The Morgan fingerprint density at radius 3 is 1.53 bits per heavy atom. The average Bonchev–Trinajstić information content (AvgIpc) is 3.58. The van der Waals surface area contributed by atoms with Gasteiger partial charge in [-0.3, -0.25) is 0 Å². The third-order valence-corrected chi connectivity index (χ3v) is 10.2. The molecule has 0 saturated carbocycles. The lowest BCUT2D eigenvalue weighted by molar-refractivity contribution is 0.669. The van der Waals surface area contributed by atoms with Crippen LogP contribution >= 0.6 is 0 Å². The van der Waals surface area contributed by atoms with Crippen molar-refractivity contribution >= 4 is 77.6 Å². The molecule has 10 aromatic rings. The van der Waals surface area contributed by atoms with Gasteiger partial charge in [0.05, 0.1) is 22.4 Å². The van der Waals surface area contributed by atoms with E-state index >= 15 is 0 Å². The Kier molecular flexibility index (Phi) is 7.47. The Morgan fingerprint density at radius 2 is 0.830 bits per heavy atom. The second-order valence-corrected chi connectivity index (χ2v) is 13.4. The number of para-hydroxylation sites is 4. The topological polar surface area (TPSA) is 19.6 Å². The number of fused-ring (bicyclic) bond motifs is 5.